The normalized spacial score (nSPS) is 11.0. The van der Waals surface area contributed by atoms with E-state index in [9.17, 15) is 14.9 Å². The summed E-state index contributed by atoms with van der Waals surface area (Å²) in [6, 6.07) is 11.4. The van der Waals surface area contributed by atoms with Crippen LogP contribution in [0.2, 0.25) is 0 Å². The van der Waals surface area contributed by atoms with Gasteiger partial charge in [-0.2, -0.15) is 0 Å². The van der Waals surface area contributed by atoms with Gasteiger partial charge in [-0.1, -0.05) is 32.0 Å². The number of anilines is 1. The molecule has 0 saturated heterocycles. The molecule has 0 unspecified atom stereocenters. The van der Waals surface area contributed by atoms with E-state index in [0.29, 0.717) is 28.2 Å². The van der Waals surface area contributed by atoms with Gasteiger partial charge in [0.05, 0.1) is 11.3 Å². The third kappa shape index (κ3) is 3.65. The summed E-state index contributed by atoms with van der Waals surface area (Å²) in [5.41, 5.74) is 2.19. The second kappa shape index (κ2) is 6.72. The van der Waals surface area contributed by atoms with Crippen molar-refractivity contribution in [2.75, 3.05) is 5.32 Å². The van der Waals surface area contributed by atoms with Crippen molar-refractivity contribution in [3.8, 4) is 0 Å². The Kier molecular flexibility index (Phi) is 4.47. The quantitative estimate of drug-likeness (QED) is 0.559. The highest BCUT2D eigenvalue weighted by molar-refractivity contribution is 5.94. The highest BCUT2D eigenvalue weighted by Gasteiger charge is 2.16. The van der Waals surface area contributed by atoms with E-state index >= 15 is 0 Å². The molecule has 25 heavy (non-hydrogen) atoms. The number of oxazole rings is 1. The first-order chi connectivity index (χ1) is 11.9. The van der Waals surface area contributed by atoms with Crippen molar-refractivity contribution < 1.29 is 14.1 Å². The molecule has 1 aromatic heterocycles. The van der Waals surface area contributed by atoms with Crippen molar-refractivity contribution in [3.05, 3.63) is 64.0 Å². The van der Waals surface area contributed by atoms with Crippen LogP contribution < -0.4 is 5.32 Å². The predicted octanol–water partition coefficient (Wildman–Crippen LogP) is 4.04. The predicted molar refractivity (Wildman–Crippen MR) is 93.5 cm³/mol. The van der Waals surface area contributed by atoms with Crippen molar-refractivity contribution in [1.82, 2.24) is 4.98 Å². The number of amides is 1. The Morgan fingerprint density at radius 1 is 1.28 bits per heavy atom. The third-order valence-corrected chi connectivity index (χ3v) is 3.72. The Balaban J connectivity index is 1.77. The first-order valence-corrected chi connectivity index (χ1v) is 7.86. The van der Waals surface area contributed by atoms with Crippen LogP contribution >= 0.6 is 0 Å². The topological polar surface area (TPSA) is 98.3 Å². The number of nitro benzene ring substituents is 1. The van der Waals surface area contributed by atoms with Crippen LogP contribution in [-0.4, -0.2) is 15.8 Å². The second-order valence-electron chi connectivity index (χ2n) is 6.00. The number of hydrogen-bond acceptors (Lipinski definition) is 5. The molecular formula is C18H17N3O4. The Labute approximate surface area is 143 Å². The maximum atomic E-state index is 12.2. The summed E-state index contributed by atoms with van der Waals surface area (Å²) in [4.78, 5) is 27.2. The Bertz CT molecular complexity index is 946. The number of rotatable bonds is 5. The fourth-order valence-electron chi connectivity index (χ4n) is 2.49. The molecule has 7 heteroatoms. The number of carbonyl (C=O) groups excluding carboxylic acids is 1. The molecule has 0 fully saturated rings. The van der Waals surface area contributed by atoms with Crippen LogP contribution in [0.25, 0.3) is 11.1 Å². The summed E-state index contributed by atoms with van der Waals surface area (Å²) in [5.74, 6) is 0.476. The number of benzene rings is 2. The standard InChI is InChI=1S/C18H17N3O4/c1-11(2)18-20-14-10-13(7-8-16(14)25-18)19-17(22)9-12-5-3-4-6-15(12)21(23)24/h3-8,10-11H,9H2,1-2H3,(H,19,22). The number of fused-ring (bicyclic) bond motifs is 1. The molecular weight excluding hydrogens is 322 g/mol. The van der Waals surface area contributed by atoms with E-state index in [-0.39, 0.29) is 23.9 Å². The first-order valence-electron chi connectivity index (χ1n) is 7.86. The van der Waals surface area contributed by atoms with Gasteiger partial charge in [0, 0.05) is 23.2 Å². The highest BCUT2D eigenvalue weighted by atomic mass is 16.6. The molecule has 0 atom stereocenters. The number of carbonyl (C=O) groups is 1. The molecule has 1 heterocycles. The molecule has 0 saturated carbocycles. The van der Waals surface area contributed by atoms with E-state index in [1.165, 1.54) is 6.07 Å². The summed E-state index contributed by atoms with van der Waals surface area (Å²) in [7, 11) is 0. The first kappa shape index (κ1) is 16.6. The van der Waals surface area contributed by atoms with Crippen LogP contribution in [0.1, 0.15) is 31.2 Å². The minimum Gasteiger partial charge on any atom is -0.440 e. The van der Waals surface area contributed by atoms with Gasteiger partial charge in [-0.05, 0) is 18.2 Å². The monoisotopic (exact) mass is 339 g/mol. The van der Waals surface area contributed by atoms with E-state index in [1.54, 1.807) is 36.4 Å². The van der Waals surface area contributed by atoms with Gasteiger partial charge >= 0.3 is 0 Å². The zero-order valence-corrected chi connectivity index (χ0v) is 13.9. The maximum Gasteiger partial charge on any atom is 0.273 e. The highest BCUT2D eigenvalue weighted by Crippen LogP contribution is 2.24. The van der Waals surface area contributed by atoms with Gasteiger partial charge in [0.2, 0.25) is 5.91 Å². The lowest BCUT2D eigenvalue weighted by molar-refractivity contribution is -0.385. The van der Waals surface area contributed by atoms with Crippen LogP contribution in [0.3, 0.4) is 0 Å². The van der Waals surface area contributed by atoms with E-state index in [2.05, 4.69) is 10.3 Å². The molecule has 3 rings (SSSR count). The summed E-state index contributed by atoms with van der Waals surface area (Å²) in [5, 5.41) is 13.8. The van der Waals surface area contributed by atoms with Crippen LogP contribution in [-0.2, 0) is 11.2 Å². The van der Waals surface area contributed by atoms with Gasteiger partial charge in [0.25, 0.3) is 5.69 Å². The van der Waals surface area contributed by atoms with Gasteiger partial charge < -0.3 is 9.73 Å². The number of nitrogens with zero attached hydrogens (tertiary/aromatic N) is 2. The summed E-state index contributed by atoms with van der Waals surface area (Å²) in [6.07, 6.45) is -0.0781. The molecule has 0 spiro atoms. The number of para-hydroxylation sites is 1. The molecule has 1 N–H and O–H groups in total. The van der Waals surface area contributed by atoms with E-state index in [0.717, 1.165) is 0 Å². The van der Waals surface area contributed by atoms with Gasteiger partial charge in [-0.3, -0.25) is 14.9 Å². The Hall–Kier alpha value is -3.22. The molecule has 128 valence electrons. The molecule has 0 bridgehead atoms. The van der Waals surface area contributed by atoms with Crippen molar-refractivity contribution in [2.24, 2.45) is 0 Å². The molecule has 0 aliphatic heterocycles. The molecule has 7 nitrogen and oxygen atoms in total. The van der Waals surface area contributed by atoms with Crippen molar-refractivity contribution >= 4 is 28.4 Å². The molecule has 0 radical (unpaired) electrons. The average molecular weight is 339 g/mol. The maximum absolute atomic E-state index is 12.2. The van der Waals surface area contributed by atoms with E-state index in [1.807, 2.05) is 13.8 Å². The van der Waals surface area contributed by atoms with Gasteiger partial charge in [-0.25, -0.2) is 4.98 Å². The lowest BCUT2D eigenvalue weighted by Gasteiger charge is -2.05. The molecule has 2 aromatic carbocycles. The number of nitro groups is 1. The minimum atomic E-state index is -0.489. The van der Waals surface area contributed by atoms with Crippen LogP contribution in [0.5, 0.6) is 0 Å². The zero-order chi connectivity index (χ0) is 18.0. The fourth-order valence-corrected chi connectivity index (χ4v) is 2.49. The van der Waals surface area contributed by atoms with Crippen molar-refractivity contribution in [2.45, 2.75) is 26.2 Å². The SMILES string of the molecule is CC(C)c1nc2cc(NC(=O)Cc3ccccc3[N+](=O)[O-])ccc2o1. The number of nitrogens with one attached hydrogen (secondary N) is 1. The smallest absolute Gasteiger partial charge is 0.273 e. The zero-order valence-electron chi connectivity index (χ0n) is 13.9. The molecule has 1 amide bonds. The fraction of sp³-hybridized carbons (Fsp3) is 0.222. The number of aromatic nitrogens is 1. The largest absolute Gasteiger partial charge is 0.440 e. The lowest BCUT2D eigenvalue weighted by atomic mass is 10.1. The summed E-state index contributed by atoms with van der Waals surface area (Å²) < 4.78 is 5.63. The van der Waals surface area contributed by atoms with Crippen LogP contribution in [0.4, 0.5) is 11.4 Å². The Morgan fingerprint density at radius 2 is 2.04 bits per heavy atom. The van der Waals surface area contributed by atoms with E-state index in [4.69, 9.17) is 4.42 Å². The number of hydrogen-bond donors (Lipinski definition) is 1. The summed E-state index contributed by atoms with van der Waals surface area (Å²) >= 11 is 0. The van der Waals surface area contributed by atoms with Crippen molar-refractivity contribution in [3.63, 3.8) is 0 Å². The molecule has 0 aliphatic carbocycles. The van der Waals surface area contributed by atoms with Gasteiger partial charge in [-0.15, -0.1) is 0 Å². The summed E-state index contributed by atoms with van der Waals surface area (Å²) in [6.45, 7) is 3.97. The molecule has 0 aliphatic rings. The van der Waals surface area contributed by atoms with Gasteiger partial charge in [0.15, 0.2) is 11.5 Å². The minimum absolute atomic E-state index is 0.0637. The second-order valence-corrected chi connectivity index (χ2v) is 6.00. The lowest BCUT2D eigenvalue weighted by Crippen LogP contribution is -2.15. The van der Waals surface area contributed by atoms with E-state index < -0.39 is 4.92 Å². The average Bonchev–Trinajstić information content (AvgIpc) is 2.98. The van der Waals surface area contributed by atoms with Crippen LogP contribution in [0.15, 0.2) is 46.9 Å². The molecule has 3 aromatic rings. The van der Waals surface area contributed by atoms with Crippen LogP contribution in [0, 0.1) is 10.1 Å². The van der Waals surface area contributed by atoms with Crippen molar-refractivity contribution in [1.29, 1.82) is 0 Å². The van der Waals surface area contributed by atoms with Gasteiger partial charge in [0.1, 0.15) is 5.52 Å². The Morgan fingerprint density at radius 3 is 2.76 bits per heavy atom. The third-order valence-electron chi connectivity index (χ3n) is 3.72.